The Balaban J connectivity index is 3.27. The summed E-state index contributed by atoms with van der Waals surface area (Å²) in [5.74, 6) is -1.24. The Kier molecular flexibility index (Phi) is 3.80. The predicted molar refractivity (Wildman–Crippen MR) is 53.0 cm³/mol. The first-order valence-corrected chi connectivity index (χ1v) is 4.78. The number of methoxy groups -OCH3 is 1. The Labute approximate surface area is 95.0 Å². The molecule has 0 spiro atoms. The maximum absolute atomic E-state index is 12.6. The third kappa shape index (κ3) is 2.66. The average Bonchev–Trinajstić information content (AvgIpc) is 2.26. The first kappa shape index (κ1) is 12.8. The van der Waals surface area contributed by atoms with Crippen molar-refractivity contribution in [3.8, 4) is 5.75 Å². The van der Waals surface area contributed by atoms with Crippen LogP contribution < -0.4 is 4.74 Å². The molecule has 0 heterocycles. The molecule has 0 aliphatic heterocycles. The van der Waals surface area contributed by atoms with Gasteiger partial charge in [-0.15, -0.1) is 11.6 Å². The maximum Gasteiger partial charge on any atom is 0.419 e. The molecule has 1 rings (SSSR count). The zero-order valence-electron chi connectivity index (χ0n) is 8.27. The highest BCUT2D eigenvalue weighted by Crippen LogP contribution is 2.36. The van der Waals surface area contributed by atoms with Crippen LogP contribution in [-0.2, 0) is 6.18 Å². The second-order valence-corrected chi connectivity index (χ2v) is 3.24. The lowest BCUT2D eigenvalue weighted by atomic mass is 10.1. The first-order chi connectivity index (χ1) is 7.40. The van der Waals surface area contributed by atoms with Crippen molar-refractivity contribution in [1.29, 1.82) is 0 Å². The number of carbonyl (C=O) groups excluding carboxylic acids is 1. The van der Waals surface area contributed by atoms with Gasteiger partial charge in [-0.25, -0.2) is 0 Å². The third-order valence-electron chi connectivity index (χ3n) is 1.95. The molecule has 0 aliphatic carbocycles. The van der Waals surface area contributed by atoms with E-state index in [1.165, 1.54) is 6.07 Å². The van der Waals surface area contributed by atoms with Gasteiger partial charge in [-0.2, -0.15) is 13.2 Å². The number of hydrogen-bond acceptors (Lipinski definition) is 2. The van der Waals surface area contributed by atoms with Crippen molar-refractivity contribution in [3.05, 3.63) is 29.3 Å². The fourth-order valence-corrected chi connectivity index (χ4v) is 1.33. The molecule has 0 radical (unpaired) electrons. The Morgan fingerprint density at radius 2 is 2.06 bits per heavy atom. The highest BCUT2D eigenvalue weighted by molar-refractivity contribution is 6.30. The van der Waals surface area contributed by atoms with Crippen molar-refractivity contribution in [3.63, 3.8) is 0 Å². The van der Waals surface area contributed by atoms with Crippen molar-refractivity contribution >= 4 is 17.4 Å². The topological polar surface area (TPSA) is 26.3 Å². The van der Waals surface area contributed by atoms with Gasteiger partial charge in [0.2, 0.25) is 0 Å². The van der Waals surface area contributed by atoms with Crippen LogP contribution in [0.5, 0.6) is 5.75 Å². The molecule has 0 fully saturated rings. The lowest BCUT2D eigenvalue weighted by molar-refractivity contribution is -0.138. The number of carbonyl (C=O) groups is 1. The van der Waals surface area contributed by atoms with Crippen LogP contribution in [0.25, 0.3) is 0 Å². The summed E-state index contributed by atoms with van der Waals surface area (Å²) in [7, 11) is 1.13. The van der Waals surface area contributed by atoms with Gasteiger partial charge >= 0.3 is 6.18 Å². The molecule has 0 atom stereocenters. The zero-order valence-corrected chi connectivity index (χ0v) is 9.02. The predicted octanol–water partition coefficient (Wildman–Crippen LogP) is 3.14. The number of ketones is 1. The molecule has 1 aromatic rings. The molecule has 0 bridgehead atoms. The van der Waals surface area contributed by atoms with E-state index in [0.29, 0.717) is 0 Å². The van der Waals surface area contributed by atoms with E-state index in [-0.39, 0.29) is 17.2 Å². The van der Waals surface area contributed by atoms with Crippen molar-refractivity contribution in [2.75, 3.05) is 13.0 Å². The van der Waals surface area contributed by atoms with E-state index in [4.69, 9.17) is 11.6 Å². The molecule has 0 saturated heterocycles. The number of alkyl halides is 4. The highest BCUT2D eigenvalue weighted by atomic mass is 35.5. The van der Waals surface area contributed by atoms with Gasteiger partial charge in [-0.1, -0.05) is 0 Å². The standard InChI is InChI=1S/C10H8ClF3O2/c1-16-9-3-2-6(8(15)5-11)4-7(9)10(12,13)14/h2-4H,5H2,1H3. The fourth-order valence-electron chi connectivity index (χ4n) is 1.18. The van der Waals surface area contributed by atoms with Crippen molar-refractivity contribution < 1.29 is 22.7 Å². The molecule has 0 unspecified atom stereocenters. The van der Waals surface area contributed by atoms with Crippen LogP contribution in [0, 0.1) is 0 Å². The molecule has 2 nitrogen and oxygen atoms in total. The van der Waals surface area contributed by atoms with Crippen molar-refractivity contribution in [1.82, 2.24) is 0 Å². The summed E-state index contributed by atoms with van der Waals surface area (Å²) in [6, 6.07) is 3.09. The van der Waals surface area contributed by atoms with E-state index < -0.39 is 17.5 Å². The van der Waals surface area contributed by atoms with Crippen LogP contribution >= 0.6 is 11.6 Å². The molecule has 0 aliphatic rings. The third-order valence-corrected chi connectivity index (χ3v) is 2.19. The summed E-state index contributed by atoms with van der Waals surface area (Å²) in [4.78, 5) is 11.2. The van der Waals surface area contributed by atoms with Gasteiger partial charge in [0.15, 0.2) is 5.78 Å². The number of hydrogen-bond donors (Lipinski definition) is 0. The quantitative estimate of drug-likeness (QED) is 0.610. The molecule has 0 aromatic heterocycles. The monoisotopic (exact) mass is 252 g/mol. The number of rotatable bonds is 3. The lowest BCUT2D eigenvalue weighted by Crippen LogP contribution is -2.10. The Bertz CT molecular complexity index is 402. The number of halogens is 4. The maximum atomic E-state index is 12.6. The first-order valence-electron chi connectivity index (χ1n) is 4.24. The number of ether oxygens (including phenoxy) is 1. The smallest absolute Gasteiger partial charge is 0.419 e. The molecule has 6 heteroatoms. The van der Waals surface area contributed by atoms with Crippen LogP contribution in [0.3, 0.4) is 0 Å². The van der Waals surface area contributed by atoms with E-state index in [2.05, 4.69) is 4.74 Å². The summed E-state index contributed by atoms with van der Waals surface area (Å²) < 4.78 is 42.3. The minimum atomic E-state index is -4.56. The Morgan fingerprint density at radius 1 is 1.44 bits per heavy atom. The summed E-state index contributed by atoms with van der Waals surface area (Å²) in [5.41, 5.74) is -1.06. The molecule has 88 valence electrons. The van der Waals surface area contributed by atoms with Crippen LogP contribution in [0.15, 0.2) is 18.2 Å². The summed E-state index contributed by atoms with van der Waals surface area (Å²) in [6.07, 6.45) is -4.56. The summed E-state index contributed by atoms with van der Waals surface area (Å²) >= 11 is 5.26. The van der Waals surface area contributed by atoms with Crippen LogP contribution in [0.2, 0.25) is 0 Å². The molecule has 0 saturated carbocycles. The van der Waals surface area contributed by atoms with E-state index in [1.807, 2.05) is 0 Å². The van der Waals surface area contributed by atoms with Crippen molar-refractivity contribution in [2.24, 2.45) is 0 Å². The molecule has 0 N–H and O–H groups in total. The normalized spacial score (nSPS) is 11.3. The fraction of sp³-hybridized carbons (Fsp3) is 0.300. The largest absolute Gasteiger partial charge is 0.496 e. The minimum absolute atomic E-state index is 0.0804. The minimum Gasteiger partial charge on any atom is -0.496 e. The van der Waals surface area contributed by atoms with E-state index in [9.17, 15) is 18.0 Å². The van der Waals surface area contributed by atoms with E-state index in [1.54, 1.807) is 0 Å². The van der Waals surface area contributed by atoms with Gasteiger partial charge in [-0.05, 0) is 18.2 Å². The average molecular weight is 253 g/mol. The highest BCUT2D eigenvalue weighted by Gasteiger charge is 2.34. The lowest BCUT2D eigenvalue weighted by Gasteiger charge is -2.12. The van der Waals surface area contributed by atoms with Gasteiger partial charge in [-0.3, -0.25) is 4.79 Å². The molecule has 16 heavy (non-hydrogen) atoms. The Hall–Kier alpha value is -1.23. The second kappa shape index (κ2) is 4.74. The zero-order chi connectivity index (χ0) is 12.3. The number of Topliss-reactive ketones (excluding diaryl/α,β-unsaturated/α-hetero) is 1. The molecular weight excluding hydrogens is 245 g/mol. The van der Waals surface area contributed by atoms with E-state index >= 15 is 0 Å². The van der Waals surface area contributed by atoms with Crippen LogP contribution in [-0.4, -0.2) is 18.8 Å². The van der Waals surface area contributed by atoms with Gasteiger partial charge < -0.3 is 4.74 Å². The van der Waals surface area contributed by atoms with Gasteiger partial charge in [0, 0.05) is 5.56 Å². The molecular formula is C10H8ClF3O2. The molecule has 0 amide bonds. The van der Waals surface area contributed by atoms with E-state index in [0.717, 1.165) is 19.2 Å². The molecule has 1 aromatic carbocycles. The van der Waals surface area contributed by atoms with Crippen LogP contribution in [0.4, 0.5) is 13.2 Å². The SMILES string of the molecule is COc1ccc(C(=O)CCl)cc1C(F)(F)F. The van der Waals surface area contributed by atoms with Gasteiger partial charge in [0.05, 0.1) is 18.6 Å². The second-order valence-electron chi connectivity index (χ2n) is 2.97. The van der Waals surface area contributed by atoms with Gasteiger partial charge in [0.25, 0.3) is 0 Å². The Morgan fingerprint density at radius 3 is 2.50 bits per heavy atom. The van der Waals surface area contributed by atoms with Crippen molar-refractivity contribution in [2.45, 2.75) is 6.18 Å². The summed E-state index contributed by atoms with van der Waals surface area (Å²) in [6.45, 7) is 0. The number of benzene rings is 1. The van der Waals surface area contributed by atoms with Gasteiger partial charge in [0.1, 0.15) is 5.75 Å². The summed E-state index contributed by atoms with van der Waals surface area (Å²) in [5, 5.41) is 0. The van der Waals surface area contributed by atoms with Crippen LogP contribution in [0.1, 0.15) is 15.9 Å².